The topological polar surface area (TPSA) is 43.4 Å². The summed E-state index contributed by atoms with van der Waals surface area (Å²) in [6, 6.07) is 0. The second-order valence-corrected chi connectivity index (χ2v) is 13.5. The molecular weight excluding hydrogens is 292 g/mol. The van der Waals surface area contributed by atoms with Crippen molar-refractivity contribution in [1.29, 1.82) is 0 Å². The van der Waals surface area contributed by atoms with E-state index >= 15 is 0 Å². The molecule has 124 valence electrons. The summed E-state index contributed by atoms with van der Waals surface area (Å²) in [6.07, 6.45) is 6.46. The fraction of sp³-hybridized carbons (Fsp3) is 0.778. The van der Waals surface area contributed by atoms with Crippen molar-refractivity contribution in [2.24, 2.45) is 11.3 Å². The number of ketones is 1. The molecule has 0 aliphatic heterocycles. The molecule has 0 bridgehead atoms. The molecule has 0 aromatic carbocycles. The lowest BCUT2D eigenvalue weighted by Crippen LogP contribution is -2.53. The molecule has 0 radical (unpaired) electrons. The van der Waals surface area contributed by atoms with E-state index in [2.05, 4.69) is 40.8 Å². The van der Waals surface area contributed by atoms with Crippen molar-refractivity contribution in [3.63, 3.8) is 0 Å². The minimum atomic E-state index is -1.87. The van der Waals surface area contributed by atoms with E-state index < -0.39 is 8.32 Å². The van der Waals surface area contributed by atoms with Crippen LogP contribution in [0.3, 0.4) is 0 Å². The molecule has 1 saturated carbocycles. The maximum absolute atomic E-state index is 12.0. The van der Waals surface area contributed by atoms with Crippen molar-refractivity contribution in [2.75, 3.05) is 0 Å². The van der Waals surface area contributed by atoms with E-state index in [-0.39, 0.29) is 22.3 Å². The number of fused-ring (bicyclic) bond motifs is 1. The van der Waals surface area contributed by atoms with Crippen LogP contribution in [0.15, 0.2) is 11.6 Å². The predicted molar refractivity (Wildman–Crippen MR) is 91.3 cm³/mol. The Bertz CT molecular complexity index is 501. The van der Waals surface area contributed by atoms with Gasteiger partial charge in [0.2, 0.25) is 0 Å². The monoisotopic (exact) mass is 322 g/mol. The van der Waals surface area contributed by atoms with E-state index in [1.54, 1.807) is 0 Å². The lowest BCUT2D eigenvalue weighted by Gasteiger charge is -2.51. The van der Waals surface area contributed by atoms with E-state index in [1.165, 1.54) is 0 Å². The van der Waals surface area contributed by atoms with Gasteiger partial charge in [-0.3, -0.25) is 9.59 Å². The van der Waals surface area contributed by atoms with Gasteiger partial charge < -0.3 is 4.43 Å². The lowest BCUT2D eigenvalue weighted by molar-refractivity contribution is -0.122. The van der Waals surface area contributed by atoms with E-state index in [9.17, 15) is 9.59 Å². The average molecular weight is 323 g/mol. The van der Waals surface area contributed by atoms with Crippen LogP contribution in [0, 0.1) is 11.3 Å². The third-order valence-electron chi connectivity index (χ3n) is 6.18. The molecule has 0 saturated heterocycles. The molecule has 3 nitrogen and oxygen atoms in total. The Balaban J connectivity index is 2.34. The Morgan fingerprint density at radius 1 is 1.32 bits per heavy atom. The summed E-state index contributed by atoms with van der Waals surface area (Å²) in [5.74, 6) is 0.317. The van der Waals surface area contributed by atoms with Gasteiger partial charge in [-0.1, -0.05) is 40.2 Å². The third kappa shape index (κ3) is 3.00. The van der Waals surface area contributed by atoms with Crippen LogP contribution in [-0.4, -0.2) is 26.5 Å². The standard InChI is InChI=1S/C18H30O3Si/c1-17(2,3)22(5,6)21-16-9-7-8-14-10-15(20)13(12-19)11-18(14,16)4/h11-12,14,16H,7-10H2,1-6H3/t14-,16-,18-/m1/s1. The van der Waals surface area contributed by atoms with Crippen molar-refractivity contribution in [3.05, 3.63) is 11.6 Å². The zero-order chi connectivity index (χ0) is 16.8. The van der Waals surface area contributed by atoms with Crippen LogP contribution in [0.1, 0.15) is 53.4 Å². The number of aldehydes is 1. The molecule has 1 fully saturated rings. The second kappa shape index (κ2) is 5.71. The first-order valence-electron chi connectivity index (χ1n) is 8.40. The summed E-state index contributed by atoms with van der Waals surface area (Å²) in [5, 5.41) is 0.165. The number of hydrogen-bond donors (Lipinski definition) is 0. The predicted octanol–water partition coefficient (Wildman–Crippen LogP) is 4.28. The minimum Gasteiger partial charge on any atom is -0.413 e. The highest BCUT2D eigenvalue weighted by molar-refractivity contribution is 6.74. The van der Waals surface area contributed by atoms with Gasteiger partial charge in [0.1, 0.15) is 0 Å². The maximum atomic E-state index is 12.0. The zero-order valence-electron chi connectivity index (χ0n) is 14.9. The molecule has 0 heterocycles. The number of carbonyl (C=O) groups is 2. The van der Waals surface area contributed by atoms with E-state index in [0.717, 1.165) is 25.5 Å². The quantitative estimate of drug-likeness (QED) is 0.442. The Hall–Kier alpha value is -0.743. The summed E-state index contributed by atoms with van der Waals surface area (Å²) in [7, 11) is -1.87. The number of rotatable bonds is 3. The molecule has 0 spiro atoms. The molecule has 0 unspecified atom stereocenters. The molecule has 0 amide bonds. The van der Waals surface area contributed by atoms with Gasteiger partial charge in [-0.25, -0.2) is 0 Å². The van der Waals surface area contributed by atoms with Crippen LogP contribution in [0.2, 0.25) is 18.1 Å². The first kappa shape index (κ1) is 17.6. The van der Waals surface area contributed by atoms with Gasteiger partial charge in [0, 0.05) is 11.8 Å². The summed E-state index contributed by atoms with van der Waals surface area (Å²) >= 11 is 0. The highest BCUT2D eigenvalue weighted by atomic mass is 28.4. The van der Waals surface area contributed by atoms with Crippen molar-refractivity contribution in [1.82, 2.24) is 0 Å². The molecule has 22 heavy (non-hydrogen) atoms. The van der Waals surface area contributed by atoms with Gasteiger partial charge in [-0.05, 0) is 36.9 Å². The van der Waals surface area contributed by atoms with Crippen LogP contribution in [0.25, 0.3) is 0 Å². The Morgan fingerprint density at radius 2 is 1.95 bits per heavy atom. The van der Waals surface area contributed by atoms with Crippen molar-refractivity contribution in [2.45, 2.75) is 77.6 Å². The molecule has 0 N–H and O–H groups in total. The summed E-state index contributed by atoms with van der Waals surface area (Å²) in [5.41, 5.74) is 0.169. The van der Waals surface area contributed by atoms with E-state index in [0.29, 0.717) is 17.9 Å². The Labute approximate surface area is 135 Å². The third-order valence-corrected chi connectivity index (χ3v) is 10.7. The molecule has 3 atom stereocenters. The minimum absolute atomic E-state index is 0.00505. The fourth-order valence-corrected chi connectivity index (χ4v) is 4.98. The van der Waals surface area contributed by atoms with Gasteiger partial charge in [0.05, 0.1) is 11.7 Å². The molecular formula is C18H30O3Si. The van der Waals surface area contributed by atoms with Crippen LogP contribution in [0.4, 0.5) is 0 Å². The van der Waals surface area contributed by atoms with E-state index in [1.807, 2.05) is 6.08 Å². The van der Waals surface area contributed by atoms with E-state index in [4.69, 9.17) is 4.43 Å². The molecule has 0 aromatic heterocycles. The first-order valence-corrected chi connectivity index (χ1v) is 11.3. The smallest absolute Gasteiger partial charge is 0.192 e. The van der Waals surface area contributed by atoms with Crippen molar-refractivity contribution < 1.29 is 14.0 Å². The number of hydrogen-bond acceptors (Lipinski definition) is 3. The average Bonchev–Trinajstić information content (AvgIpc) is 2.38. The van der Waals surface area contributed by atoms with Gasteiger partial charge in [-0.2, -0.15) is 0 Å². The summed E-state index contributed by atoms with van der Waals surface area (Å²) in [6.45, 7) is 13.5. The molecule has 2 rings (SSSR count). The van der Waals surface area contributed by atoms with Crippen LogP contribution < -0.4 is 0 Å². The number of Topliss-reactive ketones (excluding diaryl/α,β-unsaturated/α-hetero) is 1. The van der Waals surface area contributed by atoms with Crippen LogP contribution in [-0.2, 0) is 14.0 Å². The molecule has 4 heteroatoms. The SMILES string of the molecule is CC(C)(C)[Si](C)(C)O[C@@H]1CCC[C@@H]2CC(=O)C(C=O)=C[C@]21C. The first-order chi connectivity index (χ1) is 10.0. The van der Waals surface area contributed by atoms with Crippen LogP contribution >= 0.6 is 0 Å². The molecule has 2 aliphatic carbocycles. The van der Waals surface area contributed by atoms with Gasteiger partial charge in [0.25, 0.3) is 0 Å². The summed E-state index contributed by atoms with van der Waals surface area (Å²) in [4.78, 5) is 23.3. The highest BCUT2D eigenvalue weighted by Gasteiger charge is 2.50. The Morgan fingerprint density at radius 3 is 2.50 bits per heavy atom. The summed E-state index contributed by atoms with van der Waals surface area (Å²) < 4.78 is 6.71. The fourth-order valence-electron chi connectivity index (χ4n) is 3.54. The van der Waals surface area contributed by atoms with Crippen molar-refractivity contribution >= 4 is 20.4 Å². The zero-order valence-corrected chi connectivity index (χ0v) is 15.9. The molecule has 0 aromatic rings. The lowest BCUT2D eigenvalue weighted by atomic mass is 9.60. The largest absolute Gasteiger partial charge is 0.413 e. The highest BCUT2D eigenvalue weighted by Crippen LogP contribution is 2.51. The Kier molecular flexibility index (Phi) is 4.57. The second-order valence-electron chi connectivity index (χ2n) is 8.71. The van der Waals surface area contributed by atoms with Crippen molar-refractivity contribution in [3.8, 4) is 0 Å². The number of carbonyl (C=O) groups excluding carboxylic acids is 2. The maximum Gasteiger partial charge on any atom is 0.192 e. The normalized spacial score (nSPS) is 33.2. The van der Waals surface area contributed by atoms with Gasteiger partial charge in [-0.15, -0.1) is 0 Å². The molecule has 2 aliphatic rings. The van der Waals surface area contributed by atoms with Gasteiger partial charge in [0.15, 0.2) is 20.4 Å². The number of allylic oxidation sites excluding steroid dienone is 1. The van der Waals surface area contributed by atoms with Gasteiger partial charge >= 0.3 is 0 Å². The van der Waals surface area contributed by atoms with Crippen LogP contribution in [0.5, 0.6) is 0 Å².